The first kappa shape index (κ1) is 29.2. The maximum atomic E-state index is 12.2. The molecule has 0 saturated heterocycles. The Morgan fingerprint density at radius 2 is 1.55 bits per heavy atom. The second kappa shape index (κ2) is 10.1. The van der Waals surface area contributed by atoms with Gasteiger partial charge in [-0.15, -0.1) is 0 Å². The van der Waals surface area contributed by atoms with E-state index in [-0.39, 0.29) is 57.2 Å². The molecule has 192 valence electrons. The number of anilines is 1. The van der Waals surface area contributed by atoms with Crippen LogP contribution < -0.4 is 57.3 Å². The fraction of sp³-hybridized carbons (Fsp3) is 0. The van der Waals surface area contributed by atoms with Crippen molar-refractivity contribution in [3.63, 3.8) is 0 Å². The van der Waals surface area contributed by atoms with Crippen LogP contribution in [0.25, 0.3) is 33.4 Å². The first-order valence-corrected chi connectivity index (χ1v) is 12.7. The first-order chi connectivity index (χ1) is 17.2. The molecule has 38 heavy (non-hydrogen) atoms. The van der Waals surface area contributed by atoms with Crippen LogP contribution in [-0.4, -0.2) is 42.9 Å². The summed E-state index contributed by atoms with van der Waals surface area (Å²) in [5, 5.41) is 14.9. The molecule has 1 heterocycles. The molecule has 4 rings (SSSR count). The van der Waals surface area contributed by atoms with Crippen molar-refractivity contribution in [2.45, 2.75) is 9.79 Å². The zero-order valence-electron chi connectivity index (χ0n) is 19.2. The van der Waals surface area contributed by atoms with Gasteiger partial charge in [-0.2, -0.15) is 0 Å². The van der Waals surface area contributed by atoms with Crippen molar-refractivity contribution in [3.05, 3.63) is 58.9 Å². The van der Waals surface area contributed by atoms with E-state index < -0.39 is 69.9 Å². The number of fused-ring (bicyclic) bond motifs is 2. The molecule has 2 aliphatic rings. The fourth-order valence-electron chi connectivity index (χ4n) is 3.97. The first-order valence-electron chi connectivity index (χ1n) is 9.87. The van der Waals surface area contributed by atoms with Crippen LogP contribution in [-0.2, 0) is 20.2 Å². The van der Waals surface area contributed by atoms with Crippen LogP contribution >= 0.6 is 0 Å². The second-order valence-corrected chi connectivity index (χ2v) is 10.3. The van der Waals surface area contributed by atoms with Gasteiger partial charge >= 0.3 is 35.5 Å². The third kappa shape index (κ3) is 4.91. The minimum Gasteiger partial charge on any atom is -0.744 e. The summed E-state index contributed by atoms with van der Waals surface area (Å²) >= 11 is 0. The van der Waals surface area contributed by atoms with Gasteiger partial charge in [-0.3, -0.25) is 15.6 Å². The average Bonchev–Trinajstić information content (AvgIpc) is 2.79. The zero-order valence-corrected chi connectivity index (χ0v) is 22.8. The van der Waals surface area contributed by atoms with Crippen LogP contribution in [0, 0.1) is 0 Å². The number of aromatic carboxylic acids is 1. The van der Waals surface area contributed by atoms with Gasteiger partial charge in [-0.1, -0.05) is 6.07 Å². The number of carbonyl (C=O) groups excluding carboxylic acids is 1. The molecule has 1 aliphatic carbocycles. The van der Waals surface area contributed by atoms with Gasteiger partial charge in [0.1, 0.15) is 25.1 Å². The van der Waals surface area contributed by atoms with E-state index in [1.165, 1.54) is 24.3 Å². The van der Waals surface area contributed by atoms with Crippen molar-refractivity contribution < 1.29 is 80.0 Å². The van der Waals surface area contributed by atoms with Gasteiger partial charge < -0.3 is 24.4 Å². The quantitative estimate of drug-likeness (QED) is 0.0289. The van der Waals surface area contributed by atoms with E-state index in [9.17, 15) is 40.6 Å². The third-order valence-corrected chi connectivity index (χ3v) is 7.28. The van der Waals surface area contributed by atoms with Crippen molar-refractivity contribution in [2.75, 3.05) is 5.73 Å². The molecule has 2 aromatic carbocycles. The standard InChI is InChI=1S/C21H16N4O10S2.Na/c22-13-5-3-10-15(9-2-1-8(20(26)25-24)7-12(9)21(27)28)11-4-6-14(23)19(37(32,33)34)17(11)35-16(10)18(13)36(29,30)31;/h1-7,22H,23-24H2,(H,25,26)(H,27,28)(H,29,30,31)(H,32,33,34);/q;+1/p-1. The molecule has 1 amide bonds. The van der Waals surface area contributed by atoms with Gasteiger partial charge in [0.2, 0.25) is 5.36 Å². The normalized spacial score (nSPS) is 11.8. The molecular weight excluding hydrogens is 555 g/mol. The Balaban J connectivity index is 0.00000400. The Morgan fingerprint density at radius 3 is 2.11 bits per heavy atom. The number of hydrogen-bond donors (Lipinski definition) is 5. The molecule has 0 unspecified atom stereocenters. The summed E-state index contributed by atoms with van der Waals surface area (Å²) in [6, 6.07) is 7.86. The third-order valence-electron chi connectivity index (χ3n) is 5.44. The summed E-state index contributed by atoms with van der Waals surface area (Å²) < 4.78 is 78.0. The number of benzene rings is 3. The topological polar surface area (TPSA) is 272 Å². The molecule has 0 fully saturated rings. The molecule has 0 radical (unpaired) electrons. The van der Waals surface area contributed by atoms with E-state index in [4.69, 9.17) is 21.4 Å². The molecule has 2 aromatic rings. The predicted octanol–water partition coefficient (Wildman–Crippen LogP) is -4.44. The van der Waals surface area contributed by atoms with Crippen LogP contribution in [0.4, 0.5) is 5.69 Å². The van der Waals surface area contributed by atoms with E-state index in [2.05, 4.69) is 0 Å². The summed E-state index contributed by atoms with van der Waals surface area (Å²) in [7, 11) is -10.7. The SMILES string of the molecule is NNC(=O)c1ccc(-c2c3ccc(=[NH2+])c(S(=O)(=O)[O-])c-3oc3c(S(=O)(=O)[O-])c(N)ccc23)c(C(=O)O)c1.[Na+]. The van der Waals surface area contributed by atoms with Crippen LogP contribution in [0.2, 0.25) is 0 Å². The number of hydrazine groups is 1. The maximum absolute atomic E-state index is 12.2. The Bertz CT molecular complexity index is 1900. The number of amides is 1. The summed E-state index contributed by atoms with van der Waals surface area (Å²) in [5.41, 5.74) is 5.12. The molecular formula is C21H15N4NaO10S2. The van der Waals surface area contributed by atoms with E-state index in [1.54, 1.807) is 0 Å². The number of hydrogen-bond acceptors (Lipinski definition) is 11. The van der Waals surface area contributed by atoms with Gasteiger partial charge in [0.05, 0.1) is 11.3 Å². The number of nitrogens with one attached hydrogen (secondary N) is 1. The van der Waals surface area contributed by atoms with E-state index in [1.807, 2.05) is 5.43 Å². The van der Waals surface area contributed by atoms with Crippen molar-refractivity contribution in [2.24, 2.45) is 5.84 Å². The minimum atomic E-state index is -5.34. The largest absolute Gasteiger partial charge is 1.00 e. The van der Waals surface area contributed by atoms with Crippen molar-refractivity contribution in [1.29, 1.82) is 0 Å². The van der Waals surface area contributed by atoms with Crippen LogP contribution in [0.5, 0.6) is 0 Å². The molecule has 0 spiro atoms. The molecule has 8 N–H and O–H groups in total. The average molecular weight is 570 g/mol. The van der Waals surface area contributed by atoms with Crippen molar-refractivity contribution in [3.8, 4) is 22.5 Å². The van der Waals surface area contributed by atoms with Crippen molar-refractivity contribution >= 4 is 48.8 Å². The number of nitrogens with two attached hydrogens (primary N) is 3. The number of carboxylic acid groups (broad SMARTS) is 1. The van der Waals surface area contributed by atoms with E-state index in [0.29, 0.717) is 0 Å². The molecule has 17 heteroatoms. The van der Waals surface area contributed by atoms with E-state index >= 15 is 0 Å². The smallest absolute Gasteiger partial charge is 0.744 e. The van der Waals surface area contributed by atoms with Gasteiger partial charge in [-0.25, -0.2) is 27.5 Å². The Kier molecular flexibility index (Phi) is 7.75. The van der Waals surface area contributed by atoms with Gasteiger partial charge in [0.15, 0.2) is 16.2 Å². The summed E-state index contributed by atoms with van der Waals surface area (Å²) in [4.78, 5) is 22.0. The zero-order chi connectivity index (χ0) is 27.4. The Morgan fingerprint density at radius 1 is 0.947 bits per heavy atom. The monoisotopic (exact) mass is 570 g/mol. The molecule has 0 saturated carbocycles. The molecule has 1 aliphatic heterocycles. The Hall–Kier alpha value is -3.35. The van der Waals surface area contributed by atoms with Gasteiger partial charge in [-0.05, 0) is 35.9 Å². The summed E-state index contributed by atoms with van der Waals surface area (Å²) in [5.74, 6) is 2.01. The Labute approximate surface area is 235 Å². The predicted molar refractivity (Wildman–Crippen MR) is 122 cm³/mol. The number of nitrogen functional groups attached to an aromatic ring is 2. The van der Waals surface area contributed by atoms with Crippen LogP contribution in [0.1, 0.15) is 20.7 Å². The summed E-state index contributed by atoms with van der Waals surface area (Å²) in [6.45, 7) is 0. The van der Waals surface area contributed by atoms with Crippen LogP contribution in [0.15, 0.2) is 56.7 Å². The molecule has 0 bridgehead atoms. The molecule has 0 atom stereocenters. The second-order valence-electron chi connectivity index (χ2n) is 7.65. The minimum absolute atomic E-state index is 0. The number of carbonyl (C=O) groups is 2. The van der Waals surface area contributed by atoms with Gasteiger partial charge in [0.25, 0.3) is 5.91 Å². The molecule has 0 aromatic heterocycles. The molecule has 14 nitrogen and oxygen atoms in total. The maximum Gasteiger partial charge on any atom is 1.00 e. The fourth-order valence-corrected chi connectivity index (χ4v) is 5.44. The van der Waals surface area contributed by atoms with Gasteiger partial charge in [0, 0.05) is 28.1 Å². The number of carboxylic acids is 1. The summed E-state index contributed by atoms with van der Waals surface area (Å²) in [6.07, 6.45) is 0. The van der Waals surface area contributed by atoms with E-state index in [0.717, 1.165) is 18.2 Å². The van der Waals surface area contributed by atoms with Crippen molar-refractivity contribution in [1.82, 2.24) is 5.43 Å². The number of rotatable bonds is 5. The van der Waals surface area contributed by atoms with Crippen LogP contribution in [0.3, 0.4) is 0 Å².